The summed E-state index contributed by atoms with van der Waals surface area (Å²) in [4.78, 5) is 37.8. The molecule has 2 aromatic rings. The molecule has 1 aliphatic rings. The van der Waals surface area contributed by atoms with Crippen molar-refractivity contribution in [2.45, 2.75) is 53.1 Å². The van der Waals surface area contributed by atoms with Gasteiger partial charge in [0.2, 0.25) is 0 Å². The van der Waals surface area contributed by atoms with Crippen molar-refractivity contribution in [1.29, 1.82) is 0 Å². The SMILES string of the molecule is CCCc1cc(=O)oc2c(C(=O)C(C)C(C)C(=O)OC)c(O)c3c(c12)OC(C)(C)C=C3. The molecule has 1 aromatic carbocycles. The number of ketones is 1. The average Bonchev–Trinajstić information content (AvgIpc) is 2.71. The van der Waals surface area contributed by atoms with Gasteiger partial charge in [-0.05, 0) is 38.0 Å². The van der Waals surface area contributed by atoms with Gasteiger partial charge in [-0.1, -0.05) is 27.2 Å². The Morgan fingerprint density at radius 2 is 1.90 bits per heavy atom. The number of phenols is 1. The molecule has 2 unspecified atom stereocenters. The van der Waals surface area contributed by atoms with E-state index < -0.39 is 34.8 Å². The van der Waals surface area contributed by atoms with E-state index in [1.165, 1.54) is 13.2 Å². The van der Waals surface area contributed by atoms with E-state index in [2.05, 4.69) is 0 Å². The van der Waals surface area contributed by atoms with E-state index in [0.717, 1.165) is 6.42 Å². The monoisotopic (exact) mass is 428 g/mol. The second-order valence-electron chi connectivity index (χ2n) is 8.51. The van der Waals surface area contributed by atoms with Crippen LogP contribution in [-0.2, 0) is 16.0 Å². The molecule has 0 saturated carbocycles. The highest BCUT2D eigenvalue weighted by Gasteiger charge is 2.36. The van der Waals surface area contributed by atoms with Crippen LogP contribution in [0.1, 0.15) is 62.5 Å². The number of methoxy groups -OCH3 is 1. The van der Waals surface area contributed by atoms with Crippen molar-refractivity contribution >= 4 is 28.8 Å². The molecule has 0 fully saturated rings. The minimum Gasteiger partial charge on any atom is -0.506 e. The summed E-state index contributed by atoms with van der Waals surface area (Å²) in [5.41, 5.74) is -0.390. The number of rotatable bonds is 6. The highest BCUT2D eigenvalue weighted by Crippen LogP contribution is 2.47. The quantitative estimate of drug-likeness (QED) is 0.416. The van der Waals surface area contributed by atoms with Crippen molar-refractivity contribution in [3.8, 4) is 11.5 Å². The number of phenolic OH excluding ortho intramolecular Hbond substituents is 1. The first kappa shape index (κ1) is 22.6. The molecule has 166 valence electrons. The molecule has 7 heteroatoms. The number of aryl methyl sites for hydroxylation is 1. The van der Waals surface area contributed by atoms with E-state index in [0.29, 0.717) is 28.7 Å². The molecule has 1 aliphatic heterocycles. The molecule has 0 bridgehead atoms. The van der Waals surface area contributed by atoms with Gasteiger partial charge in [0.15, 0.2) is 11.4 Å². The van der Waals surface area contributed by atoms with E-state index >= 15 is 0 Å². The van der Waals surface area contributed by atoms with Gasteiger partial charge in [-0.25, -0.2) is 4.79 Å². The predicted octanol–water partition coefficient (Wildman–Crippen LogP) is 4.26. The van der Waals surface area contributed by atoms with Gasteiger partial charge in [-0.3, -0.25) is 9.59 Å². The maximum Gasteiger partial charge on any atom is 0.336 e. The topological polar surface area (TPSA) is 103 Å². The second kappa shape index (κ2) is 8.21. The van der Waals surface area contributed by atoms with Crippen molar-refractivity contribution in [2.75, 3.05) is 7.11 Å². The summed E-state index contributed by atoms with van der Waals surface area (Å²) in [6.45, 7) is 8.87. The van der Waals surface area contributed by atoms with Crippen LogP contribution in [-0.4, -0.2) is 29.6 Å². The third-order valence-corrected chi connectivity index (χ3v) is 5.75. The Balaban J connectivity index is 2.38. The summed E-state index contributed by atoms with van der Waals surface area (Å²) in [5.74, 6) is -2.58. The van der Waals surface area contributed by atoms with Crippen LogP contribution >= 0.6 is 0 Å². The summed E-state index contributed by atoms with van der Waals surface area (Å²) in [6, 6.07) is 1.40. The van der Waals surface area contributed by atoms with Gasteiger partial charge in [-0.2, -0.15) is 0 Å². The van der Waals surface area contributed by atoms with E-state index in [-0.39, 0.29) is 16.9 Å². The van der Waals surface area contributed by atoms with Crippen LogP contribution < -0.4 is 10.4 Å². The van der Waals surface area contributed by atoms with E-state index in [9.17, 15) is 19.5 Å². The average molecular weight is 428 g/mol. The van der Waals surface area contributed by atoms with Gasteiger partial charge < -0.3 is 19.0 Å². The number of carbonyl (C=O) groups excluding carboxylic acids is 2. The first-order valence-electron chi connectivity index (χ1n) is 10.4. The van der Waals surface area contributed by atoms with Crippen molar-refractivity contribution in [3.63, 3.8) is 0 Å². The van der Waals surface area contributed by atoms with Crippen LogP contribution in [0.5, 0.6) is 11.5 Å². The number of benzene rings is 1. The van der Waals surface area contributed by atoms with E-state index in [1.54, 1.807) is 26.0 Å². The molecule has 3 rings (SSSR count). The van der Waals surface area contributed by atoms with Gasteiger partial charge in [0, 0.05) is 12.0 Å². The Hall–Kier alpha value is -3.09. The molecule has 2 heterocycles. The second-order valence-corrected chi connectivity index (χ2v) is 8.51. The Morgan fingerprint density at radius 3 is 2.52 bits per heavy atom. The smallest absolute Gasteiger partial charge is 0.336 e. The Labute approximate surface area is 180 Å². The lowest BCUT2D eigenvalue weighted by Gasteiger charge is -2.30. The molecule has 0 saturated heterocycles. The van der Waals surface area contributed by atoms with Crippen LogP contribution in [0.15, 0.2) is 21.4 Å². The van der Waals surface area contributed by atoms with Gasteiger partial charge in [0.05, 0.1) is 24.0 Å². The predicted molar refractivity (Wildman–Crippen MR) is 117 cm³/mol. The highest BCUT2D eigenvalue weighted by molar-refractivity contribution is 6.13. The number of hydrogen-bond acceptors (Lipinski definition) is 7. The molecular weight excluding hydrogens is 400 g/mol. The fraction of sp³-hybridized carbons (Fsp3) is 0.458. The molecule has 2 atom stereocenters. The van der Waals surface area contributed by atoms with Crippen LogP contribution in [0.2, 0.25) is 0 Å². The maximum atomic E-state index is 13.4. The summed E-state index contributed by atoms with van der Waals surface area (Å²) in [5, 5.41) is 11.6. The maximum absolute atomic E-state index is 13.4. The van der Waals surface area contributed by atoms with Crippen LogP contribution in [0.25, 0.3) is 17.0 Å². The minimum absolute atomic E-state index is 0.0211. The van der Waals surface area contributed by atoms with Crippen LogP contribution in [0.3, 0.4) is 0 Å². The van der Waals surface area contributed by atoms with Gasteiger partial charge in [-0.15, -0.1) is 0 Å². The Kier molecular flexibility index (Phi) is 5.98. The first-order valence-corrected chi connectivity index (χ1v) is 10.4. The standard InChI is InChI=1S/C24H28O7/c1-7-8-14-11-16(25)30-22-17(14)21-15(9-10-24(4,5)31-21)20(27)18(22)19(26)12(2)13(3)23(28)29-6/h9-13,27H,7-8H2,1-6H3. The fourth-order valence-electron chi connectivity index (χ4n) is 3.83. The summed E-state index contributed by atoms with van der Waals surface area (Å²) >= 11 is 0. The van der Waals surface area contributed by atoms with Gasteiger partial charge in [0.1, 0.15) is 22.7 Å². The third kappa shape index (κ3) is 3.96. The molecule has 1 aromatic heterocycles. The van der Waals surface area contributed by atoms with Gasteiger partial charge >= 0.3 is 11.6 Å². The molecule has 0 aliphatic carbocycles. The molecule has 7 nitrogen and oxygen atoms in total. The third-order valence-electron chi connectivity index (χ3n) is 5.75. The summed E-state index contributed by atoms with van der Waals surface area (Å²) < 4.78 is 16.4. The lowest BCUT2D eigenvalue weighted by Crippen LogP contribution is -2.29. The molecule has 0 radical (unpaired) electrons. The molecular formula is C24H28O7. The lowest BCUT2D eigenvalue weighted by atomic mass is 9.85. The van der Waals surface area contributed by atoms with Crippen LogP contribution in [0.4, 0.5) is 0 Å². The zero-order valence-electron chi connectivity index (χ0n) is 18.7. The van der Waals surface area contributed by atoms with E-state index in [4.69, 9.17) is 13.9 Å². The van der Waals surface area contributed by atoms with Crippen molar-refractivity contribution < 1.29 is 28.6 Å². The highest BCUT2D eigenvalue weighted by atomic mass is 16.5. The minimum atomic E-state index is -0.815. The summed E-state index contributed by atoms with van der Waals surface area (Å²) in [6.07, 6.45) is 4.81. The molecule has 0 amide bonds. The Morgan fingerprint density at radius 1 is 1.23 bits per heavy atom. The number of aromatic hydroxyl groups is 1. The largest absolute Gasteiger partial charge is 0.506 e. The number of esters is 1. The fourth-order valence-corrected chi connectivity index (χ4v) is 3.83. The lowest BCUT2D eigenvalue weighted by molar-refractivity contribution is -0.145. The Bertz CT molecular complexity index is 1140. The zero-order chi connectivity index (χ0) is 23.1. The number of Topliss-reactive ketones (excluding diaryl/α,β-unsaturated/α-hetero) is 1. The van der Waals surface area contributed by atoms with E-state index in [1.807, 2.05) is 20.8 Å². The molecule has 31 heavy (non-hydrogen) atoms. The number of carbonyl (C=O) groups is 2. The van der Waals surface area contributed by atoms with Crippen molar-refractivity contribution in [3.05, 3.63) is 39.3 Å². The molecule has 1 N–H and O–H groups in total. The number of fused-ring (bicyclic) bond motifs is 3. The van der Waals surface area contributed by atoms with Crippen molar-refractivity contribution in [2.24, 2.45) is 11.8 Å². The first-order chi connectivity index (χ1) is 14.5. The molecule has 0 spiro atoms. The zero-order valence-corrected chi connectivity index (χ0v) is 18.7. The van der Waals surface area contributed by atoms with Gasteiger partial charge in [0.25, 0.3) is 0 Å². The van der Waals surface area contributed by atoms with Crippen LogP contribution in [0, 0.1) is 11.8 Å². The number of ether oxygens (including phenoxy) is 2. The normalized spacial score (nSPS) is 16.3. The van der Waals surface area contributed by atoms with Crippen molar-refractivity contribution in [1.82, 2.24) is 0 Å². The number of hydrogen-bond donors (Lipinski definition) is 1. The summed E-state index contributed by atoms with van der Waals surface area (Å²) in [7, 11) is 1.25.